The molecule has 0 spiro atoms. The third-order valence-corrected chi connectivity index (χ3v) is 5.87. The van der Waals surface area contributed by atoms with Gasteiger partial charge in [0, 0.05) is 25.2 Å². The first-order valence-corrected chi connectivity index (χ1v) is 11.3. The first kappa shape index (κ1) is 21.8. The molecule has 1 amide bonds. The minimum absolute atomic E-state index is 0.0196. The van der Waals surface area contributed by atoms with Gasteiger partial charge in [0.2, 0.25) is 0 Å². The third-order valence-electron chi connectivity index (χ3n) is 5.87. The van der Waals surface area contributed by atoms with E-state index < -0.39 is 0 Å². The second kappa shape index (κ2) is 10.8. The Morgan fingerprint density at radius 3 is 2.69 bits per heavy atom. The van der Waals surface area contributed by atoms with Gasteiger partial charge in [-0.15, -0.1) is 0 Å². The van der Waals surface area contributed by atoms with Crippen LogP contribution in [0.5, 0.6) is 5.75 Å². The van der Waals surface area contributed by atoms with Crippen LogP contribution in [0.3, 0.4) is 0 Å². The van der Waals surface area contributed by atoms with Crippen LogP contribution in [-0.4, -0.2) is 29.0 Å². The van der Waals surface area contributed by atoms with E-state index >= 15 is 0 Å². The number of nitrogens with one attached hydrogen (secondary N) is 1. The van der Waals surface area contributed by atoms with Crippen LogP contribution in [0.25, 0.3) is 6.08 Å². The molecule has 32 heavy (non-hydrogen) atoms. The lowest BCUT2D eigenvalue weighted by Crippen LogP contribution is -2.28. The van der Waals surface area contributed by atoms with Crippen molar-refractivity contribution in [3.8, 4) is 5.75 Å². The van der Waals surface area contributed by atoms with Crippen LogP contribution >= 0.6 is 0 Å². The van der Waals surface area contributed by atoms with Crippen LogP contribution in [0.4, 0.5) is 0 Å². The molecule has 0 fully saturated rings. The molecule has 0 aliphatic carbocycles. The molecule has 2 N–H and O–H groups in total. The van der Waals surface area contributed by atoms with Crippen LogP contribution < -0.4 is 5.32 Å². The highest BCUT2D eigenvalue weighted by Gasteiger charge is 2.18. The number of nitrogens with zero attached hydrogens (tertiary/aromatic N) is 1. The average Bonchev–Trinajstić information content (AvgIpc) is 3.01. The summed E-state index contributed by atoms with van der Waals surface area (Å²) in [5, 5.41) is 12.8. The number of aryl methyl sites for hydroxylation is 1. The summed E-state index contributed by atoms with van der Waals surface area (Å²) < 4.78 is 0. The summed E-state index contributed by atoms with van der Waals surface area (Å²) in [5.74, 6) is 0.312. The van der Waals surface area contributed by atoms with Crippen LogP contribution in [0.2, 0.25) is 0 Å². The Kier molecular flexibility index (Phi) is 7.36. The Labute approximate surface area is 190 Å². The van der Waals surface area contributed by atoms with Crippen molar-refractivity contribution in [3.63, 3.8) is 0 Å². The predicted molar refractivity (Wildman–Crippen MR) is 129 cm³/mol. The number of hydrogen-bond acceptors (Lipinski definition) is 3. The van der Waals surface area contributed by atoms with E-state index in [-0.39, 0.29) is 5.91 Å². The summed E-state index contributed by atoms with van der Waals surface area (Å²) in [4.78, 5) is 15.2. The van der Waals surface area contributed by atoms with E-state index in [0.717, 1.165) is 50.0 Å². The molecule has 3 aromatic carbocycles. The maximum Gasteiger partial charge on any atom is 0.251 e. The molecule has 4 nitrogen and oxygen atoms in total. The van der Waals surface area contributed by atoms with Crippen molar-refractivity contribution >= 4 is 12.0 Å². The van der Waals surface area contributed by atoms with E-state index in [2.05, 4.69) is 34.5 Å². The lowest BCUT2D eigenvalue weighted by molar-refractivity contribution is 0.0952. The molecule has 1 aliphatic heterocycles. The number of amides is 1. The lowest BCUT2D eigenvalue weighted by Gasteiger charge is -2.22. The van der Waals surface area contributed by atoms with E-state index in [9.17, 15) is 9.90 Å². The Morgan fingerprint density at radius 2 is 1.81 bits per heavy atom. The van der Waals surface area contributed by atoms with Crippen LogP contribution in [0.15, 0.2) is 78.9 Å². The summed E-state index contributed by atoms with van der Waals surface area (Å²) in [6.07, 6.45) is 6.97. The molecule has 1 aliphatic rings. The van der Waals surface area contributed by atoms with Crippen LogP contribution in [-0.2, 0) is 19.5 Å². The maximum absolute atomic E-state index is 12.9. The maximum atomic E-state index is 12.9. The molecular formula is C28H30N2O2. The zero-order chi connectivity index (χ0) is 22.2. The van der Waals surface area contributed by atoms with E-state index in [1.165, 1.54) is 16.7 Å². The van der Waals surface area contributed by atoms with Gasteiger partial charge in [0.1, 0.15) is 5.75 Å². The van der Waals surface area contributed by atoms with Gasteiger partial charge in [0.15, 0.2) is 0 Å². The SMILES string of the molecule is O=C(NCCC=Cc1ccccc1)c1ccccc1CN1CCCc2cc(O)ccc2C1. The van der Waals surface area contributed by atoms with Crippen molar-refractivity contribution < 1.29 is 9.90 Å². The molecule has 0 saturated heterocycles. The molecular weight excluding hydrogens is 396 g/mol. The molecule has 1 heterocycles. The van der Waals surface area contributed by atoms with E-state index in [0.29, 0.717) is 12.3 Å². The summed E-state index contributed by atoms with van der Waals surface area (Å²) in [7, 11) is 0. The molecule has 4 heteroatoms. The molecule has 0 bridgehead atoms. The average molecular weight is 427 g/mol. The van der Waals surface area contributed by atoms with Crippen molar-refractivity contribution in [1.29, 1.82) is 0 Å². The molecule has 4 rings (SSSR count). The first-order chi connectivity index (χ1) is 15.7. The fraction of sp³-hybridized carbons (Fsp3) is 0.250. The molecule has 0 radical (unpaired) electrons. The number of fused-ring (bicyclic) bond motifs is 1. The summed E-state index contributed by atoms with van der Waals surface area (Å²) in [6.45, 7) is 3.14. The number of carbonyl (C=O) groups excluding carboxylic acids is 1. The fourth-order valence-corrected chi connectivity index (χ4v) is 4.22. The predicted octanol–water partition coefficient (Wildman–Crippen LogP) is 5.17. The number of phenols is 1. The van der Waals surface area contributed by atoms with Gasteiger partial charge < -0.3 is 10.4 Å². The summed E-state index contributed by atoms with van der Waals surface area (Å²) >= 11 is 0. The highest BCUT2D eigenvalue weighted by Crippen LogP contribution is 2.24. The normalized spacial score (nSPS) is 14.1. The molecule has 164 valence electrons. The van der Waals surface area contributed by atoms with Crippen molar-refractivity contribution in [2.24, 2.45) is 0 Å². The van der Waals surface area contributed by atoms with E-state index in [4.69, 9.17) is 0 Å². The number of aromatic hydroxyl groups is 1. The zero-order valence-electron chi connectivity index (χ0n) is 18.3. The standard InChI is InChI=1S/C28H30N2O2/c31-26-16-15-24-20-30(18-8-13-23(24)19-26)21-25-12-4-5-14-27(25)28(32)29-17-7-6-11-22-9-2-1-3-10-22/h1-6,9-12,14-16,19,31H,7-8,13,17-18,20-21H2,(H,29,32). The van der Waals surface area contributed by atoms with E-state index in [1.807, 2.05) is 54.6 Å². The van der Waals surface area contributed by atoms with Crippen molar-refractivity contribution in [2.45, 2.75) is 32.4 Å². The third kappa shape index (κ3) is 5.86. The van der Waals surface area contributed by atoms with Crippen molar-refractivity contribution in [1.82, 2.24) is 10.2 Å². The summed E-state index contributed by atoms with van der Waals surface area (Å²) in [6, 6.07) is 23.7. The topological polar surface area (TPSA) is 52.6 Å². The highest BCUT2D eigenvalue weighted by atomic mass is 16.3. The van der Waals surface area contributed by atoms with Crippen molar-refractivity contribution in [3.05, 3.63) is 107 Å². The van der Waals surface area contributed by atoms with Gasteiger partial charge in [-0.3, -0.25) is 9.69 Å². The second-order valence-corrected chi connectivity index (χ2v) is 8.28. The highest BCUT2D eigenvalue weighted by molar-refractivity contribution is 5.95. The first-order valence-electron chi connectivity index (χ1n) is 11.3. The monoisotopic (exact) mass is 426 g/mol. The van der Waals surface area contributed by atoms with E-state index in [1.54, 1.807) is 6.07 Å². The Hall–Kier alpha value is -3.37. The Balaban J connectivity index is 1.35. The van der Waals surface area contributed by atoms with Gasteiger partial charge in [-0.2, -0.15) is 0 Å². The molecule has 0 aromatic heterocycles. The van der Waals surface area contributed by atoms with Crippen molar-refractivity contribution in [2.75, 3.05) is 13.1 Å². The number of hydrogen-bond donors (Lipinski definition) is 2. The lowest BCUT2D eigenvalue weighted by atomic mass is 10.0. The fourth-order valence-electron chi connectivity index (χ4n) is 4.22. The Bertz CT molecular complexity index is 1080. The number of rotatable bonds is 7. The van der Waals surface area contributed by atoms with Gasteiger partial charge in [-0.05, 0) is 66.3 Å². The van der Waals surface area contributed by atoms with Gasteiger partial charge in [-0.1, -0.05) is 66.7 Å². The molecule has 0 atom stereocenters. The molecule has 3 aromatic rings. The van der Waals surface area contributed by atoms with Gasteiger partial charge >= 0.3 is 0 Å². The zero-order valence-corrected chi connectivity index (χ0v) is 18.3. The molecule has 0 unspecified atom stereocenters. The summed E-state index contributed by atoms with van der Waals surface area (Å²) in [5.41, 5.74) is 5.44. The van der Waals surface area contributed by atoms with Gasteiger partial charge in [0.05, 0.1) is 0 Å². The minimum Gasteiger partial charge on any atom is -0.508 e. The second-order valence-electron chi connectivity index (χ2n) is 8.28. The quantitative estimate of drug-likeness (QED) is 0.512. The number of benzene rings is 3. The van der Waals surface area contributed by atoms with Gasteiger partial charge in [0.25, 0.3) is 5.91 Å². The largest absolute Gasteiger partial charge is 0.508 e. The van der Waals surface area contributed by atoms with Crippen LogP contribution in [0.1, 0.15) is 45.5 Å². The minimum atomic E-state index is -0.0196. The van der Waals surface area contributed by atoms with Gasteiger partial charge in [-0.25, -0.2) is 0 Å². The van der Waals surface area contributed by atoms with Crippen LogP contribution in [0, 0.1) is 0 Å². The Morgan fingerprint density at radius 1 is 1.00 bits per heavy atom. The number of phenolic OH excluding ortho intramolecular Hbond substituents is 1. The smallest absolute Gasteiger partial charge is 0.251 e. The number of carbonyl (C=O) groups is 1. The molecule has 0 saturated carbocycles.